The second-order valence-electron chi connectivity index (χ2n) is 17.8. The van der Waals surface area contributed by atoms with Crippen LogP contribution in [-0.2, 0) is 5.41 Å². The Bertz CT molecular complexity index is 3900. The Morgan fingerprint density at radius 2 is 0.721 bits per heavy atom. The first-order valence-electron chi connectivity index (χ1n) is 23.2. The number of hydrogen-bond acceptors (Lipinski definition) is 4. The lowest BCUT2D eigenvalue weighted by atomic mass is 9.70. The summed E-state index contributed by atoms with van der Waals surface area (Å²) in [5.41, 5.74) is 21.0. The minimum Gasteiger partial charge on any atom is -0.456 e. The fraction of sp³-hybridized carbons (Fsp3) is 0.0156. The summed E-state index contributed by atoms with van der Waals surface area (Å²) in [6, 6.07) is 84.4. The largest absolute Gasteiger partial charge is 0.456 e. The number of nitrogens with zero attached hydrogens (tertiary/aromatic N) is 3. The van der Waals surface area contributed by atoms with Crippen LogP contribution in [0.25, 0.3) is 112 Å². The number of hydrogen-bond donors (Lipinski definition) is 0. The van der Waals surface area contributed by atoms with E-state index in [1.165, 1.54) is 44.5 Å². The molecule has 2 aliphatic rings. The number of furan rings is 1. The Morgan fingerprint density at radius 1 is 0.265 bits per heavy atom. The third kappa shape index (κ3) is 5.71. The highest BCUT2D eigenvalue weighted by molar-refractivity contribution is 6.13. The van der Waals surface area contributed by atoms with Gasteiger partial charge in [0.05, 0.1) is 5.41 Å². The smallest absolute Gasteiger partial charge is 0.164 e. The van der Waals surface area contributed by atoms with Gasteiger partial charge in [0.2, 0.25) is 0 Å². The lowest BCUT2D eigenvalue weighted by Gasteiger charge is -2.30. The number of fused-ring (bicyclic) bond motifs is 13. The lowest BCUT2D eigenvalue weighted by molar-refractivity contribution is 0.669. The van der Waals surface area contributed by atoms with Crippen LogP contribution < -0.4 is 0 Å². The first-order valence-corrected chi connectivity index (χ1v) is 23.2. The van der Waals surface area contributed by atoms with Crippen molar-refractivity contribution in [2.45, 2.75) is 5.41 Å². The molecule has 2 aliphatic carbocycles. The molecule has 0 N–H and O–H groups in total. The zero-order chi connectivity index (χ0) is 44.8. The molecule has 12 aromatic rings. The molecule has 0 amide bonds. The SMILES string of the molecule is c1ccc(-c2ccc(-c3nc(-c4ccccc4-c4ccccc4)nc(-c4cccc5oc6ccc(-c7ccc8c(c7)C7(c9ccccc9-c9ccccc97)c7ccccc7-8)cc6c45)n3)cc2)cc1. The maximum absolute atomic E-state index is 6.67. The van der Waals surface area contributed by atoms with Crippen molar-refractivity contribution in [2.75, 3.05) is 0 Å². The highest BCUT2D eigenvalue weighted by atomic mass is 16.3. The van der Waals surface area contributed by atoms with Crippen LogP contribution in [0.5, 0.6) is 0 Å². The zero-order valence-electron chi connectivity index (χ0n) is 36.8. The van der Waals surface area contributed by atoms with Gasteiger partial charge < -0.3 is 4.42 Å². The quantitative estimate of drug-likeness (QED) is 0.167. The molecule has 10 aromatic carbocycles. The molecule has 2 heterocycles. The second-order valence-corrected chi connectivity index (χ2v) is 17.8. The molecule has 0 saturated carbocycles. The molecule has 14 rings (SSSR count). The van der Waals surface area contributed by atoms with Crippen molar-refractivity contribution < 1.29 is 4.42 Å². The van der Waals surface area contributed by atoms with Crippen LogP contribution in [-0.4, -0.2) is 15.0 Å². The third-order valence-corrected chi connectivity index (χ3v) is 14.2. The van der Waals surface area contributed by atoms with Gasteiger partial charge in [0, 0.05) is 27.5 Å². The van der Waals surface area contributed by atoms with E-state index in [9.17, 15) is 0 Å². The van der Waals surface area contributed by atoms with Crippen LogP contribution in [0.3, 0.4) is 0 Å². The van der Waals surface area contributed by atoms with Gasteiger partial charge in [-0.3, -0.25) is 0 Å². The van der Waals surface area contributed by atoms with E-state index in [1.807, 2.05) is 24.3 Å². The highest BCUT2D eigenvalue weighted by Gasteiger charge is 2.51. The first-order chi connectivity index (χ1) is 33.7. The maximum Gasteiger partial charge on any atom is 0.164 e. The van der Waals surface area contributed by atoms with Gasteiger partial charge in [-0.15, -0.1) is 0 Å². The van der Waals surface area contributed by atoms with Gasteiger partial charge in [0.25, 0.3) is 0 Å². The van der Waals surface area contributed by atoms with E-state index < -0.39 is 5.41 Å². The van der Waals surface area contributed by atoms with Crippen LogP contribution >= 0.6 is 0 Å². The van der Waals surface area contributed by atoms with E-state index >= 15 is 0 Å². The molecule has 68 heavy (non-hydrogen) atoms. The molecule has 0 fully saturated rings. The van der Waals surface area contributed by atoms with Gasteiger partial charge in [0.15, 0.2) is 17.5 Å². The van der Waals surface area contributed by atoms with E-state index in [1.54, 1.807) is 0 Å². The van der Waals surface area contributed by atoms with Gasteiger partial charge in [-0.05, 0) is 102 Å². The second kappa shape index (κ2) is 15.0. The van der Waals surface area contributed by atoms with Gasteiger partial charge >= 0.3 is 0 Å². The topological polar surface area (TPSA) is 51.8 Å². The summed E-state index contributed by atoms with van der Waals surface area (Å²) in [5, 5.41) is 1.97. The van der Waals surface area contributed by atoms with Crippen LogP contribution in [0.4, 0.5) is 0 Å². The van der Waals surface area contributed by atoms with Gasteiger partial charge in [0.1, 0.15) is 11.2 Å². The molecule has 4 nitrogen and oxygen atoms in total. The van der Waals surface area contributed by atoms with E-state index in [-0.39, 0.29) is 0 Å². The average Bonchev–Trinajstić information content (AvgIpc) is 4.05. The number of benzene rings is 10. The van der Waals surface area contributed by atoms with Crippen LogP contribution in [0.1, 0.15) is 22.3 Å². The van der Waals surface area contributed by atoms with E-state index in [0.29, 0.717) is 17.5 Å². The van der Waals surface area contributed by atoms with Gasteiger partial charge in [-0.2, -0.15) is 0 Å². The van der Waals surface area contributed by atoms with Crippen molar-refractivity contribution in [1.82, 2.24) is 15.0 Å². The predicted octanol–water partition coefficient (Wildman–Crippen LogP) is 16.1. The molecule has 0 aliphatic heterocycles. The van der Waals surface area contributed by atoms with Gasteiger partial charge in [-0.25, -0.2) is 15.0 Å². The Hall–Kier alpha value is -8.99. The summed E-state index contributed by atoms with van der Waals surface area (Å²) in [7, 11) is 0. The molecule has 1 spiro atoms. The third-order valence-electron chi connectivity index (χ3n) is 14.2. The van der Waals surface area contributed by atoms with Crippen molar-refractivity contribution in [3.63, 3.8) is 0 Å². The minimum absolute atomic E-state index is 0.427. The first kappa shape index (κ1) is 38.3. The molecule has 0 bridgehead atoms. The van der Waals surface area contributed by atoms with E-state index in [4.69, 9.17) is 19.4 Å². The van der Waals surface area contributed by atoms with E-state index in [0.717, 1.165) is 72.0 Å². The van der Waals surface area contributed by atoms with Crippen molar-refractivity contribution in [3.05, 3.63) is 259 Å². The lowest BCUT2D eigenvalue weighted by Crippen LogP contribution is -2.25. The molecule has 0 unspecified atom stereocenters. The van der Waals surface area contributed by atoms with Gasteiger partial charge in [-0.1, -0.05) is 212 Å². The summed E-state index contributed by atoms with van der Waals surface area (Å²) in [5.74, 6) is 1.78. The zero-order valence-corrected chi connectivity index (χ0v) is 36.8. The molecular formula is C64H39N3O. The molecule has 0 radical (unpaired) electrons. The molecule has 2 aromatic heterocycles. The fourth-order valence-corrected chi connectivity index (χ4v) is 11.2. The molecular weight excluding hydrogens is 827 g/mol. The minimum atomic E-state index is -0.427. The summed E-state index contributed by atoms with van der Waals surface area (Å²) < 4.78 is 6.67. The summed E-state index contributed by atoms with van der Waals surface area (Å²) in [6.07, 6.45) is 0. The monoisotopic (exact) mass is 865 g/mol. The van der Waals surface area contributed by atoms with Crippen LogP contribution in [0, 0.1) is 0 Å². The van der Waals surface area contributed by atoms with Crippen LogP contribution in [0.2, 0.25) is 0 Å². The van der Waals surface area contributed by atoms with Crippen molar-refractivity contribution >= 4 is 21.9 Å². The predicted molar refractivity (Wildman–Crippen MR) is 276 cm³/mol. The fourth-order valence-electron chi connectivity index (χ4n) is 11.2. The summed E-state index contributed by atoms with van der Waals surface area (Å²) >= 11 is 0. The Kier molecular flexibility index (Phi) is 8.46. The van der Waals surface area contributed by atoms with Crippen molar-refractivity contribution in [3.8, 4) is 89.8 Å². The number of rotatable bonds is 6. The normalized spacial score (nSPS) is 12.8. The van der Waals surface area contributed by atoms with E-state index in [2.05, 4.69) is 212 Å². The van der Waals surface area contributed by atoms with Crippen molar-refractivity contribution in [2.24, 2.45) is 0 Å². The maximum atomic E-state index is 6.67. The average molecular weight is 866 g/mol. The summed E-state index contributed by atoms with van der Waals surface area (Å²) in [6.45, 7) is 0. The Morgan fingerprint density at radius 3 is 1.38 bits per heavy atom. The standard InChI is InChI=1S/C64H39N3O/c1-3-16-40(17-4-1)41-30-32-43(33-31-41)61-65-62(51-24-8-7-20-46(51)42-18-5-2-6-19-42)67-63(66-61)52-25-15-29-59-60(52)53-38-44(35-37-58(53)68-59)45-34-36-50-49-23-11-14-28-56(49)64(57(50)39-45)54-26-12-9-21-47(54)48-22-10-13-27-55(48)64/h1-39H. The number of aromatic nitrogens is 3. The van der Waals surface area contributed by atoms with Crippen LogP contribution in [0.15, 0.2) is 241 Å². The Labute approximate surface area is 393 Å². The molecule has 0 saturated heterocycles. The molecule has 316 valence electrons. The Balaban J connectivity index is 0.949. The summed E-state index contributed by atoms with van der Waals surface area (Å²) in [4.78, 5) is 15.9. The van der Waals surface area contributed by atoms with Crippen molar-refractivity contribution in [1.29, 1.82) is 0 Å². The molecule has 0 atom stereocenters. The molecule has 4 heteroatoms. The highest BCUT2D eigenvalue weighted by Crippen LogP contribution is 2.63.